The summed E-state index contributed by atoms with van der Waals surface area (Å²) in [6, 6.07) is 1.92. The predicted octanol–water partition coefficient (Wildman–Crippen LogP) is 2.55. The molecule has 16 heavy (non-hydrogen) atoms. The molecule has 0 saturated carbocycles. The maximum absolute atomic E-state index is 10.4. The van der Waals surface area contributed by atoms with Crippen molar-refractivity contribution in [2.24, 2.45) is 0 Å². The number of rotatable bonds is 3. The van der Waals surface area contributed by atoms with Crippen LogP contribution in [0.25, 0.3) is 0 Å². The van der Waals surface area contributed by atoms with Gasteiger partial charge in [0.05, 0.1) is 5.02 Å². The first-order valence-corrected chi connectivity index (χ1v) is 5.63. The molecule has 0 amide bonds. The normalized spacial score (nSPS) is 13.6. The smallest absolute Gasteiger partial charge is 0.180 e. The number of fused-ring (bicyclic) bond motifs is 1. The SMILES string of the molecule is Cc1c(CCC=O)cc2c(c1Cl)OCCO2. The molecule has 0 fully saturated rings. The third kappa shape index (κ3) is 2.00. The van der Waals surface area contributed by atoms with E-state index in [1.165, 1.54) is 0 Å². The molecule has 0 aliphatic carbocycles. The van der Waals surface area contributed by atoms with Gasteiger partial charge < -0.3 is 14.3 Å². The van der Waals surface area contributed by atoms with Crippen molar-refractivity contribution in [3.63, 3.8) is 0 Å². The van der Waals surface area contributed by atoms with Gasteiger partial charge >= 0.3 is 0 Å². The lowest BCUT2D eigenvalue weighted by Gasteiger charge is -2.22. The van der Waals surface area contributed by atoms with Crippen molar-refractivity contribution in [2.75, 3.05) is 13.2 Å². The first kappa shape index (κ1) is 11.3. The summed E-state index contributed by atoms with van der Waals surface area (Å²) in [6.45, 7) is 3.00. The Kier molecular flexibility index (Phi) is 3.34. The van der Waals surface area contributed by atoms with E-state index in [4.69, 9.17) is 21.1 Å². The molecule has 0 atom stereocenters. The van der Waals surface area contributed by atoms with Gasteiger partial charge in [-0.25, -0.2) is 0 Å². The highest BCUT2D eigenvalue weighted by Crippen LogP contribution is 2.41. The van der Waals surface area contributed by atoms with Crippen LogP contribution in [0.4, 0.5) is 0 Å². The van der Waals surface area contributed by atoms with Crippen LogP contribution in [-0.4, -0.2) is 19.5 Å². The number of aldehydes is 1. The number of carbonyl (C=O) groups excluding carboxylic acids is 1. The molecule has 86 valence electrons. The monoisotopic (exact) mass is 240 g/mol. The number of carbonyl (C=O) groups is 1. The van der Waals surface area contributed by atoms with Crippen LogP contribution in [0, 0.1) is 6.92 Å². The molecule has 0 radical (unpaired) electrons. The average molecular weight is 241 g/mol. The summed E-state index contributed by atoms with van der Waals surface area (Å²) in [6.07, 6.45) is 2.09. The predicted molar refractivity (Wildman–Crippen MR) is 61.6 cm³/mol. The van der Waals surface area contributed by atoms with Crippen LogP contribution in [0.15, 0.2) is 6.07 Å². The summed E-state index contributed by atoms with van der Waals surface area (Å²) in [5.74, 6) is 1.31. The van der Waals surface area contributed by atoms with E-state index in [-0.39, 0.29) is 0 Å². The lowest BCUT2D eigenvalue weighted by Crippen LogP contribution is -2.16. The maximum Gasteiger partial charge on any atom is 0.180 e. The van der Waals surface area contributed by atoms with Crippen molar-refractivity contribution in [3.05, 3.63) is 22.2 Å². The molecule has 1 aliphatic heterocycles. The first-order valence-electron chi connectivity index (χ1n) is 5.25. The van der Waals surface area contributed by atoms with Crippen LogP contribution >= 0.6 is 11.6 Å². The molecule has 0 aromatic heterocycles. The molecule has 0 bridgehead atoms. The van der Waals surface area contributed by atoms with Gasteiger partial charge in [0.1, 0.15) is 19.5 Å². The van der Waals surface area contributed by atoms with Gasteiger partial charge in [-0.2, -0.15) is 0 Å². The van der Waals surface area contributed by atoms with Gasteiger partial charge in [0.15, 0.2) is 11.5 Å². The molecular formula is C12H13ClO3. The molecule has 1 aromatic rings. The van der Waals surface area contributed by atoms with Crippen LogP contribution in [-0.2, 0) is 11.2 Å². The quantitative estimate of drug-likeness (QED) is 0.762. The van der Waals surface area contributed by atoms with Crippen LogP contribution in [0.5, 0.6) is 11.5 Å². The van der Waals surface area contributed by atoms with Gasteiger partial charge in [-0.3, -0.25) is 0 Å². The highest BCUT2D eigenvalue weighted by molar-refractivity contribution is 6.33. The number of benzene rings is 1. The lowest BCUT2D eigenvalue weighted by molar-refractivity contribution is -0.107. The Labute approximate surface area is 99.3 Å². The molecule has 1 aliphatic rings. The summed E-state index contributed by atoms with van der Waals surface area (Å²) in [4.78, 5) is 10.4. The minimum Gasteiger partial charge on any atom is -0.486 e. The van der Waals surface area contributed by atoms with E-state index in [9.17, 15) is 4.79 Å². The minimum absolute atomic E-state index is 0.497. The van der Waals surface area contributed by atoms with Gasteiger partial charge in [0.2, 0.25) is 0 Å². The highest BCUT2D eigenvalue weighted by atomic mass is 35.5. The third-order valence-electron chi connectivity index (χ3n) is 2.66. The maximum atomic E-state index is 10.4. The van der Waals surface area contributed by atoms with Gasteiger partial charge in [-0.05, 0) is 30.5 Å². The van der Waals surface area contributed by atoms with Crippen LogP contribution in [0.3, 0.4) is 0 Å². The highest BCUT2D eigenvalue weighted by Gasteiger charge is 2.19. The molecule has 0 N–H and O–H groups in total. The van der Waals surface area contributed by atoms with Gasteiger partial charge in [0, 0.05) is 6.42 Å². The zero-order chi connectivity index (χ0) is 11.5. The van der Waals surface area contributed by atoms with Crippen molar-refractivity contribution in [3.8, 4) is 11.5 Å². The van der Waals surface area contributed by atoms with Gasteiger partial charge in [-0.1, -0.05) is 11.6 Å². The zero-order valence-electron chi connectivity index (χ0n) is 9.09. The van der Waals surface area contributed by atoms with E-state index in [2.05, 4.69) is 0 Å². The summed E-state index contributed by atoms with van der Waals surface area (Å²) in [7, 11) is 0. The summed E-state index contributed by atoms with van der Waals surface area (Å²) in [5.41, 5.74) is 2.01. The number of hydrogen-bond acceptors (Lipinski definition) is 3. The van der Waals surface area contributed by atoms with E-state index in [1.807, 2.05) is 13.0 Å². The number of aryl methyl sites for hydroxylation is 1. The fraction of sp³-hybridized carbons (Fsp3) is 0.417. The van der Waals surface area contributed by atoms with Crippen LogP contribution < -0.4 is 9.47 Å². The standard InChI is InChI=1S/C12H13ClO3/c1-8-9(3-2-4-14)7-10-12(11(8)13)16-6-5-15-10/h4,7H,2-3,5-6H2,1H3. The van der Waals surface area contributed by atoms with Crippen molar-refractivity contribution in [1.82, 2.24) is 0 Å². The Hall–Kier alpha value is -1.22. The summed E-state index contributed by atoms with van der Waals surface area (Å²) >= 11 is 6.20. The molecule has 2 rings (SSSR count). The minimum atomic E-state index is 0.497. The van der Waals surface area contributed by atoms with Gasteiger partial charge in [0.25, 0.3) is 0 Å². The molecule has 4 heteroatoms. The van der Waals surface area contributed by atoms with E-state index < -0.39 is 0 Å². The van der Waals surface area contributed by atoms with Crippen LogP contribution in [0.2, 0.25) is 5.02 Å². The fourth-order valence-corrected chi connectivity index (χ4v) is 2.03. The van der Waals surface area contributed by atoms with Crippen molar-refractivity contribution < 1.29 is 14.3 Å². The van der Waals surface area contributed by atoms with Crippen molar-refractivity contribution in [2.45, 2.75) is 19.8 Å². The Bertz CT molecular complexity index is 415. The second kappa shape index (κ2) is 4.74. The summed E-state index contributed by atoms with van der Waals surface area (Å²) in [5, 5.41) is 0.595. The van der Waals surface area contributed by atoms with E-state index in [1.54, 1.807) is 0 Å². The molecule has 3 nitrogen and oxygen atoms in total. The lowest BCUT2D eigenvalue weighted by atomic mass is 10.0. The van der Waals surface area contributed by atoms with Crippen molar-refractivity contribution in [1.29, 1.82) is 0 Å². The number of hydrogen-bond donors (Lipinski definition) is 0. The Morgan fingerprint density at radius 3 is 2.94 bits per heavy atom. The largest absolute Gasteiger partial charge is 0.486 e. The van der Waals surface area contributed by atoms with E-state index >= 15 is 0 Å². The topological polar surface area (TPSA) is 35.5 Å². The third-order valence-corrected chi connectivity index (χ3v) is 3.11. The molecule has 0 saturated heterocycles. The fourth-order valence-electron chi connectivity index (χ4n) is 1.76. The van der Waals surface area contributed by atoms with Gasteiger partial charge in [-0.15, -0.1) is 0 Å². The Morgan fingerprint density at radius 2 is 2.19 bits per heavy atom. The Morgan fingerprint density at radius 1 is 1.44 bits per heavy atom. The summed E-state index contributed by atoms with van der Waals surface area (Å²) < 4.78 is 11.0. The zero-order valence-corrected chi connectivity index (χ0v) is 9.84. The van der Waals surface area contributed by atoms with E-state index in [0.29, 0.717) is 42.6 Å². The molecule has 0 unspecified atom stereocenters. The average Bonchev–Trinajstić information content (AvgIpc) is 2.32. The molecule has 1 heterocycles. The molecule has 0 spiro atoms. The van der Waals surface area contributed by atoms with Crippen LogP contribution in [0.1, 0.15) is 17.5 Å². The molecular weight excluding hydrogens is 228 g/mol. The van der Waals surface area contributed by atoms with Crippen molar-refractivity contribution >= 4 is 17.9 Å². The van der Waals surface area contributed by atoms with E-state index in [0.717, 1.165) is 17.4 Å². The number of halogens is 1. The Balaban J connectivity index is 2.39. The molecule has 1 aromatic carbocycles. The first-order chi connectivity index (χ1) is 7.74. The number of ether oxygens (including phenoxy) is 2. The second-order valence-corrected chi connectivity index (χ2v) is 4.08. The second-order valence-electron chi connectivity index (χ2n) is 3.70.